The van der Waals surface area contributed by atoms with E-state index in [1.165, 1.54) is 0 Å². The van der Waals surface area contributed by atoms with Crippen LogP contribution in [0.3, 0.4) is 0 Å². The van der Waals surface area contributed by atoms with E-state index in [1.807, 2.05) is 33.2 Å². The number of aromatic nitrogens is 1. The molecule has 0 radical (unpaired) electrons. The molecular formula is C23H26N4O. The average Bonchev–Trinajstić information content (AvgIpc) is 2.95. The lowest BCUT2D eigenvalue weighted by Crippen LogP contribution is -2.17. The number of nitrogens with one attached hydrogen (secondary N) is 1. The van der Waals surface area contributed by atoms with Crippen LogP contribution in [-0.4, -0.2) is 30.8 Å². The molecule has 1 N–H and O–H groups in total. The SMILES string of the molecule is Cc1ccc(C(=O)N/N=C\c2cc(C)n(-c3ccc(N(C)C)cc3)c2C)cc1. The van der Waals surface area contributed by atoms with E-state index in [0.29, 0.717) is 5.56 Å². The van der Waals surface area contributed by atoms with Crippen LogP contribution < -0.4 is 10.3 Å². The molecule has 0 saturated carbocycles. The molecule has 0 fully saturated rings. The molecule has 1 aromatic heterocycles. The highest BCUT2D eigenvalue weighted by molar-refractivity contribution is 5.95. The number of amides is 1. The fourth-order valence-corrected chi connectivity index (χ4v) is 3.15. The second-order valence-corrected chi connectivity index (χ2v) is 7.14. The molecule has 0 aliphatic heterocycles. The Labute approximate surface area is 166 Å². The second-order valence-electron chi connectivity index (χ2n) is 7.14. The van der Waals surface area contributed by atoms with Crippen molar-refractivity contribution in [3.63, 3.8) is 0 Å². The summed E-state index contributed by atoms with van der Waals surface area (Å²) < 4.78 is 2.18. The quantitative estimate of drug-likeness (QED) is 0.537. The number of anilines is 1. The molecule has 28 heavy (non-hydrogen) atoms. The van der Waals surface area contributed by atoms with Gasteiger partial charge in [0, 0.05) is 48.0 Å². The third kappa shape index (κ3) is 4.14. The van der Waals surface area contributed by atoms with Crippen LogP contribution in [0.5, 0.6) is 0 Å². The molecule has 0 atom stereocenters. The number of carbonyl (C=O) groups is 1. The lowest BCUT2D eigenvalue weighted by molar-refractivity contribution is 0.0955. The van der Waals surface area contributed by atoms with Gasteiger partial charge >= 0.3 is 0 Å². The molecule has 144 valence electrons. The Hall–Kier alpha value is -3.34. The van der Waals surface area contributed by atoms with Gasteiger partial charge in [-0.15, -0.1) is 0 Å². The van der Waals surface area contributed by atoms with E-state index in [1.54, 1.807) is 18.3 Å². The number of benzene rings is 2. The first-order chi connectivity index (χ1) is 13.4. The summed E-state index contributed by atoms with van der Waals surface area (Å²) >= 11 is 0. The van der Waals surface area contributed by atoms with Crippen molar-refractivity contribution >= 4 is 17.8 Å². The second kappa shape index (κ2) is 8.13. The molecule has 5 nitrogen and oxygen atoms in total. The minimum absolute atomic E-state index is 0.218. The van der Waals surface area contributed by atoms with Crippen molar-refractivity contribution in [2.45, 2.75) is 20.8 Å². The molecule has 3 rings (SSSR count). The molecule has 0 unspecified atom stereocenters. The standard InChI is InChI=1S/C23H26N4O/c1-16-6-8-19(9-7-16)23(28)25-24-15-20-14-17(2)27(18(20)3)22-12-10-21(11-13-22)26(4)5/h6-15H,1-5H3,(H,25,28)/b24-15-. The molecule has 2 aromatic carbocycles. The molecular weight excluding hydrogens is 348 g/mol. The van der Waals surface area contributed by atoms with Crippen LogP contribution in [0.25, 0.3) is 5.69 Å². The van der Waals surface area contributed by atoms with Gasteiger partial charge in [-0.2, -0.15) is 5.10 Å². The third-order valence-electron chi connectivity index (χ3n) is 4.78. The maximum atomic E-state index is 12.2. The monoisotopic (exact) mass is 374 g/mol. The minimum Gasteiger partial charge on any atom is -0.378 e. The Bertz CT molecular complexity index is 996. The Morgan fingerprint density at radius 3 is 2.25 bits per heavy atom. The van der Waals surface area contributed by atoms with Crippen LogP contribution >= 0.6 is 0 Å². The van der Waals surface area contributed by atoms with Gasteiger partial charge in [-0.05, 0) is 63.2 Å². The van der Waals surface area contributed by atoms with Crippen molar-refractivity contribution in [1.29, 1.82) is 0 Å². The number of carbonyl (C=O) groups excluding carboxylic acids is 1. The fourth-order valence-electron chi connectivity index (χ4n) is 3.15. The van der Waals surface area contributed by atoms with E-state index < -0.39 is 0 Å². The van der Waals surface area contributed by atoms with Crippen LogP contribution in [0.1, 0.15) is 32.9 Å². The van der Waals surface area contributed by atoms with E-state index in [2.05, 4.69) is 64.2 Å². The summed E-state index contributed by atoms with van der Waals surface area (Å²) in [6, 6.07) is 17.9. The fraction of sp³-hybridized carbons (Fsp3) is 0.217. The summed E-state index contributed by atoms with van der Waals surface area (Å²) in [7, 11) is 4.06. The Morgan fingerprint density at radius 1 is 1.00 bits per heavy atom. The molecule has 1 heterocycles. The minimum atomic E-state index is -0.218. The zero-order valence-electron chi connectivity index (χ0n) is 17.0. The van der Waals surface area contributed by atoms with Gasteiger partial charge in [0.15, 0.2) is 0 Å². The van der Waals surface area contributed by atoms with Gasteiger partial charge in [0.2, 0.25) is 0 Å². The zero-order valence-corrected chi connectivity index (χ0v) is 17.0. The number of rotatable bonds is 5. The van der Waals surface area contributed by atoms with Gasteiger partial charge in [-0.1, -0.05) is 17.7 Å². The Morgan fingerprint density at radius 2 is 1.64 bits per heavy atom. The first-order valence-corrected chi connectivity index (χ1v) is 9.23. The number of aryl methyl sites for hydroxylation is 2. The van der Waals surface area contributed by atoms with Gasteiger partial charge in [-0.25, -0.2) is 5.43 Å². The van der Waals surface area contributed by atoms with E-state index >= 15 is 0 Å². The maximum Gasteiger partial charge on any atom is 0.271 e. The van der Waals surface area contributed by atoms with Crippen LogP contribution in [0.4, 0.5) is 5.69 Å². The van der Waals surface area contributed by atoms with Crippen molar-refractivity contribution in [2.75, 3.05) is 19.0 Å². The van der Waals surface area contributed by atoms with Crippen LogP contribution in [-0.2, 0) is 0 Å². The van der Waals surface area contributed by atoms with Crippen molar-refractivity contribution in [3.8, 4) is 5.69 Å². The van der Waals surface area contributed by atoms with Crippen molar-refractivity contribution in [3.05, 3.63) is 82.7 Å². The lowest BCUT2D eigenvalue weighted by Gasteiger charge is -2.14. The van der Waals surface area contributed by atoms with Gasteiger partial charge < -0.3 is 9.47 Å². The zero-order chi connectivity index (χ0) is 20.3. The smallest absolute Gasteiger partial charge is 0.271 e. The van der Waals surface area contributed by atoms with Crippen LogP contribution in [0, 0.1) is 20.8 Å². The van der Waals surface area contributed by atoms with E-state index in [4.69, 9.17) is 0 Å². The van der Waals surface area contributed by atoms with Crippen molar-refractivity contribution in [1.82, 2.24) is 9.99 Å². The first-order valence-electron chi connectivity index (χ1n) is 9.23. The highest BCUT2D eigenvalue weighted by atomic mass is 16.2. The number of hydrogen-bond donors (Lipinski definition) is 1. The topological polar surface area (TPSA) is 49.6 Å². The highest BCUT2D eigenvalue weighted by Crippen LogP contribution is 2.22. The summed E-state index contributed by atoms with van der Waals surface area (Å²) in [5.41, 5.74) is 9.72. The maximum absolute atomic E-state index is 12.2. The molecule has 0 saturated heterocycles. The molecule has 1 amide bonds. The molecule has 5 heteroatoms. The van der Waals surface area contributed by atoms with E-state index in [-0.39, 0.29) is 5.91 Å². The number of hydrogen-bond acceptors (Lipinski definition) is 3. The van der Waals surface area contributed by atoms with Gasteiger partial charge in [0.25, 0.3) is 5.91 Å². The molecule has 0 bridgehead atoms. The van der Waals surface area contributed by atoms with Crippen molar-refractivity contribution in [2.24, 2.45) is 5.10 Å². The molecule has 0 spiro atoms. The normalized spacial score (nSPS) is 11.0. The molecule has 0 aliphatic rings. The molecule has 3 aromatic rings. The summed E-state index contributed by atoms with van der Waals surface area (Å²) in [6.07, 6.45) is 1.69. The van der Waals surface area contributed by atoms with Gasteiger partial charge in [0.05, 0.1) is 6.21 Å². The van der Waals surface area contributed by atoms with Crippen LogP contribution in [0.2, 0.25) is 0 Å². The summed E-state index contributed by atoms with van der Waals surface area (Å²) in [5, 5.41) is 4.14. The summed E-state index contributed by atoms with van der Waals surface area (Å²) in [6.45, 7) is 6.11. The summed E-state index contributed by atoms with van der Waals surface area (Å²) in [4.78, 5) is 14.3. The Kier molecular flexibility index (Phi) is 5.64. The third-order valence-corrected chi connectivity index (χ3v) is 4.78. The highest BCUT2D eigenvalue weighted by Gasteiger charge is 2.10. The Balaban J connectivity index is 1.76. The van der Waals surface area contributed by atoms with Crippen LogP contribution in [0.15, 0.2) is 59.7 Å². The largest absolute Gasteiger partial charge is 0.378 e. The van der Waals surface area contributed by atoms with E-state index in [9.17, 15) is 4.79 Å². The van der Waals surface area contributed by atoms with E-state index in [0.717, 1.165) is 33.9 Å². The number of hydrazone groups is 1. The number of nitrogens with zero attached hydrogens (tertiary/aromatic N) is 3. The first kappa shape index (κ1) is 19.4. The predicted octanol–water partition coefficient (Wildman–Crippen LogP) is 4.23. The average molecular weight is 374 g/mol. The lowest BCUT2D eigenvalue weighted by atomic mass is 10.1. The van der Waals surface area contributed by atoms with Gasteiger partial charge in [0.1, 0.15) is 0 Å². The van der Waals surface area contributed by atoms with Gasteiger partial charge in [-0.3, -0.25) is 4.79 Å². The van der Waals surface area contributed by atoms with Crippen molar-refractivity contribution < 1.29 is 4.79 Å². The predicted molar refractivity (Wildman–Crippen MR) is 116 cm³/mol. The summed E-state index contributed by atoms with van der Waals surface area (Å²) in [5.74, 6) is -0.218. The molecule has 0 aliphatic carbocycles.